The first-order valence-corrected chi connectivity index (χ1v) is 6.66. The third kappa shape index (κ3) is 4.23. The molecule has 21 heavy (non-hydrogen) atoms. The Morgan fingerprint density at radius 2 is 1.76 bits per heavy atom. The summed E-state index contributed by atoms with van der Waals surface area (Å²) in [5.41, 5.74) is 1.20. The molecule has 0 bridgehead atoms. The summed E-state index contributed by atoms with van der Waals surface area (Å²) in [6.45, 7) is 3.22. The second kappa shape index (κ2) is 7.13. The molecule has 0 saturated heterocycles. The summed E-state index contributed by atoms with van der Waals surface area (Å²) in [6, 6.07) is 7.57. The van der Waals surface area contributed by atoms with Gasteiger partial charge in [0.05, 0.1) is 0 Å². The SMILES string of the molecule is CCNCc1ccc(F)c(COc2cc(F)ccc2F)c1. The first kappa shape index (κ1) is 15.4. The van der Waals surface area contributed by atoms with Crippen LogP contribution < -0.4 is 10.1 Å². The number of nitrogens with one attached hydrogen (secondary N) is 1. The fraction of sp³-hybridized carbons (Fsp3) is 0.250. The van der Waals surface area contributed by atoms with Gasteiger partial charge in [-0.1, -0.05) is 13.0 Å². The molecule has 2 rings (SSSR count). The number of hydrogen-bond donors (Lipinski definition) is 1. The van der Waals surface area contributed by atoms with Crippen LogP contribution in [0.5, 0.6) is 5.75 Å². The van der Waals surface area contributed by atoms with E-state index in [1.807, 2.05) is 6.92 Å². The normalized spacial score (nSPS) is 10.7. The highest BCUT2D eigenvalue weighted by molar-refractivity contribution is 5.28. The maximum atomic E-state index is 13.7. The van der Waals surface area contributed by atoms with Crippen LogP contribution in [-0.4, -0.2) is 6.54 Å². The Hall–Kier alpha value is -2.01. The van der Waals surface area contributed by atoms with Crippen LogP contribution in [0.25, 0.3) is 0 Å². The molecule has 0 aliphatic carbocycles. The van der Waals surface area contributed by atoms with Crippen molar-refractivity contribution < 1.29 is 17.9 Å². The first-order valence-electron chi connectivity index (χ1n) is 6.66. The van der Waals surface area contributed by atoms with E-state index >= 15 is 0 Å². The Balaban J connectivity index is 2.10. The summed E-state index contributed by atoms with van der Waals surface area (Å²) < 4.78 is 45.3. The van der Waals surface area contributed by atoms with Gasteiger partial charge in [0.1, 0.15) is 18.2 Å². The molecule has 112 valence electrons. The van der Waals surface area contributed by atoms with E-state index in [1.165, 1.54) is 6.07 Å². The summed E-state index contributed by atoms with van der Waals surface area (Å²) >= 11 is 0. The van der Waals surface area contributed by atoms with Gasteiger partial charge in [-0.2, -0.15) is 0 Å². The van der Waals surface area contributed by atoms with Gasteiger partial charge in [0.2, 0.25) is 0 Å². The lowest BCUT2D eigenvalue weighted by Crippen LogP contribution is -2.12. The van der Waals surface area contributed by atoms with Crippen molar-refractivity contribution in [1.29, 1.82) is 0 Å². The summed E-state index contributed by atoms with van der Waals surface area (Å²) in [7, 11) is 0. The number of ether oxygens (including phenoxy) is 1. The molecule has 0 aliphatic rings. The average molecular weight is 295 g/mol. The predicted octanol–water partition coefficient (Wildman–Crippen LogP) is 3.79. The number of rotatable bonds is 6. The van der Waals surface area contributed by atoms with Crippen LogP contribution in [0.1, 0.15) is 18.1 Å². The molecule has 0 aliphatic heterocycles. The minimum absolute atomic E-state index is 0.161. The molecular weight excluding hydrogens is 279 g/mol. The van der Waals surface area contributed by atoms with Crippen molar-refractivity contribution in [3.8, 4) is 5.75 Å². The summed E-state index contributed by atoms with van der Waals surface area (Å²) in [5.74, 6) is -1.95. The van der Waals surface area contributed by atoms with Gasteiger partial charge >= 0.3 is 0 Å². The van der Waals surface area contributed by atoms with Gasteiger partial charge in [-0.25, -0.2) is 13.2 Å². The van der Waals surface area contributed by atoms with Crippen molar-refractivity contribution in [2.24, 2.45) is 0 Å². The fourth-order valence-electron chi connectivity index (χ4n) is 1.86. The largest absolute Gasteiger partial charge is 0.486 e. The molecular formula is C16H16F3NO. The lowest BCUT2D eigenvalue weighted by molar-refractivity contribution is 0.283. The van der Waals surface area contributed by atoms with Crippen LogP contribution >= 0.6 is 0 Å². The van der Waals surface area contributed by atoms with Crippen molar-refractivity contribution in [3.05, 3.63) is 65.0 Å². The van der Waals surface area contributed by atoms with Gasteiger partial charge < -0.3 is 10.1 Å². The minimum atomic E-state index is -0.680. The Bertz CT molecular complexity index is 616. The summed E-state index contributed by atoms with van der Waals surface area (Å²) in [6.07, 6.45) is 0. The Kier molecular flexibility index (Phi) is 5.22. The van der Waals surface area contributed by atoms with E-state index < -0.39 is 17.5 Å². The van der Waals surface area contributed by atoms with Gasteiger partial charge in [0.25, 0.3) is 0 Å². The average Bonchev–Trinajstić information content (AvgIpc) is 2.48. The van der Waals surface area contributed by atoms with E-state index in [1.54, 1.807) is 12.1 Å². The maximum absolute atomic E-state index is 13.7. The molecule has 0 radical (unpaired) electrons. The quantitative estimate of drug-likeness (QED) is 0.875. The maximum Gasteiger partial charge on any atom is 0.165 e. The lowest BCUT2D eigenvalue weighted by atomic mass is 10.1. The third-order valence-corrected chi connectivity index (χ3v) is 2.97. The van der Waals surface area contributed by atoms with Crippen LogP contribution in [0, 0.1) is 17.5 Å². The number of hydrogen-bond acceptors (Lipinski definition) is 2. The monoisotopic (exact) mass is 295 g/mol. The minimum Gasteiger partial charge on any atom is -0.486 e. The van der Waals surface area contributed by atoms with Crippen LogP contribution in [0.15, 0.2) is 36.4 Å². The van der Waals surface area contributed by atoms with Crippen LogP contribution in [0.2, 0.25) is 0 Å². The highest BCUT2D eigenvalue weighted by Gasteiger charge is 2.08. The molecule has 0 saturated carbocycles. The second-order valence-corrected chi connectivity index (χ2v) is 4.57. The number of benzene rings is 2. The Morgan fingerprint density at radius 1 is 1.00 bits per heavy atom. The van der Waals surface area contributed by atoms with Crippen LogP contribution in [0.3, 0.4) is 0 Å². The third-order valence-electron chi connectivity index (χ3n) is 2.97. The van der Waals surface area contributed by atoms with E-state index in [9.17, 15) is 13.2 Å². The fourth-order valence-corrected chi connectivity index (χ4v) is 1.86. The van der Waals surface area contributed by atoms with Gasteiger partial charge in [-0.05, 0) is 36.4 Å². The van der Waals surface area contributed by atoms with Crippen LogP contribution in [0.4, 0.5) is 13.2 Å². The van der Waals surface area contributed by atoms with E-state index in [2.05, 4.69) is 5.32 Å². The van der Waals surface area contributed by atoms with Crippen molar-refractivity contribution in [2.75, 3.05) is 6.54 Å². The summed E-state index contributed by atoms with van der Waals surface area (Å²) in [4.78, 5) is 0. The molecule has 0 heterocycles. The molecule has 5 heteroatoms. The Morgan fingerprint density at radius 3 is 2.52 bits per heavy atom. The highest BCUT2D eigenvalue weighted by Crippen LogP contribution is 2.20. The Labute approximate surface area is 121 Å². The smallest absolute Gasteiger partial charge is 0.165 e. The molecule has 0 aromatic heterocycles. The molecule has 0 fully saturated rings. The van der Waals surface area contributed by atoms with Crippen LogP contribution in [-0.2, 0) is 13.2 Å². The standard InChI is InChI=1S/C16H16F3NO/c1-2-20-9-11-3-5-14(18)12(7-11)10-21-16-8-13(17)4-6-15(16)19/h3-8,20H,2,9-10H2,1H3. The molecule has 0 atom stereocenters. The van der Waals surface area contributed by atoms with Crippen molar-refractivity contribution in [3.63, 3.8) is 0 Å². The zero-order valence-corrected chi connectivity index (χ0v) is 11.6. The van der Waals surface area contributed by atoms with Crippen molar-refractivity contribution >= 4 is 0 Å². The van der Waals surface area contributed by atoms with Gasteiger partial charge in [0, 0.05) is 18.2 Å². The highest BCUT2D eigenvalue weighted by atomic mass is 19.1. The van der Waals surface area contributed by atoms with Crippen molar-refractivity contribution in [2.45, 2.75) is 20.1 Å². The second-order valence-electron chi connectivity index (χ2n) is 4.57. The zero-order valence-electron chi connectivity index (χ0n) is 11.6. The van der Waals surface area contributed by atoms with Gasteiger partial charge in [0.15, 0.2) is 11.6 Å². The molecule has 0 amide bonds. The lowest BCUT2D eigenvalue weighted by Gasteiger charge is -2.10. The topological polar surface area (TPSA) is 21.3 Å². The molecule has 2 aromatic carbocycles. The zero-order chi connectivity index (χ0) is 15.2. The van der Waals surface area contributed by atoms with E-state index in [0.29, 0.717) is 12.1 Å². The summed E-state index contributed by atoms with van der Waals surface area (Å²) in [5, 5.41) is 3.13. The van der Waals surface area contributed by atoms with E-state index in [-0.39, 0.29) is 12.4 Å². The molecule has 0 unspecified atom stereocenters. The molecule has 0 spiro atoms. The van der Waals surface area contributed by atoms with Crippen molar-refractivity contribution in [1.82, 2.24) is 5.32 Å². The molecule has 2 aromatic rings. The molecule has 2 nitrogen and oxygen atoms in total. The number of halogens is 3. The predicted molar refractivity (Wildman–Crippen MR) is 74.5 cm³/mol. The first-order chi connectivity index (χ1) is 10.1. The van der Waals surface area contributed by atoms with E-state index in [4.69, 9.17) is 4.74 Å². The van der Waals surface area contributed by atoms with E-state index in [0.717, 1.165) is 30.3 Å². The molecule has 1 N–H and O–H groups in total. The van der Waals surface area contributed by atoms with Gasteiger partial charge in [-0.15, -0.1) is 0 Å². The van der Waals surface area contributed by atoms with Gasteiger partial charge in [-0.3, -0.25) is 0 Å².